The number of hydrogen-bond acceptors (Lipinski definition) is 3. The zero-order chi connectivity index (χ0) is 13.8. The Labute approximate surface area is 122 Å². The summed E-state index contributed by atoms with van der Waals surface area (Å²) in [5.41, 5.74) is 2.32. The molecule has 0 atom stereocenters. The minimum absolute atomic E-state index is 0.0606. The average Bonchev–Trinajstić information content (AvgIpc) is 2.42. The number of hydrogen-bond donors (Lipinski definition) is 1. The van der Waals surface area contributed by atoms with Gasteiger partial charge in [-0.25, -0.2) is 4.68 Å². The van der Waals surface area contributed by atoms with Crippen molar-refractivity contribution in [3.63, 3.8) is 0 Å². The highest BCUT2D eigenvalue weighted by atomic mass is 35.5. The van der Waals surface area contributed by atoms with Crippen LogP contribution in [0.15, 0.2) is 35.1 Å². The van der Waals surface area contributed by atoms with Crippen LogP contribution in [0.1, 0.15) is 18.9 Å². The molecule has 1 aromatic heterocycles. The number of thiol groups is 1. The van der Waals surface area contributed by atoms with Crippen LogP contribution in [-0.4, -0.2) is 9.78 Å². The molecule has 100 valence electrons. The van der Waals surface area contributed by atoms with Crippen molar-refractivity contribution in [3.8, 4) is 11.3 Å². The molecule has 19 heavy (non-hydrogen) atoms. The molecule has 0 aliphatic rings. The summed E-state index contributed by atoms with van der Waals surface area (Å²) in [6, 6.07) is 9.22. The topological polar surface area (TPSA) is 34.9 Å². The van der Waals surface area contributed by atoms with E-state index in [2.05, 4.69) is 17.7 Å². The monoisotopic (exact) mass is 294 g/mol. The molecule has 0 radical (unpaired) electrons. The third-order valence-corrected chi connectivity index (χ3v) is 3.39. The lowest BCUT2D eigenvalue weighted by Crippen LogP contribution is -2.26. The largest absolute Gasteiger partial charge is 0.270 e. The molecule has 0 aliphatic heterocycles. The quantitative estimate of drug-likeness (QED) is 0.877. The second-order valence-electron chi connectivity index (χ2n) is 4.25. The minimum Gasteiger partial charge on any atom is -0.267 e. The molecule has 5 heteroatoms. The van der Waals surface area contributed by atoms with E-state index in [1.54, 1.807) is 6.07 Å². The Hall–Kier alpha value is -1.26. The number of halogens is 1. The third-order valence-electron chi connectivity index (χ3n) is 2.79. The number of nitrogens with zero attached hydrogens (tertiary/aromatic N) is 2. The van der Waals surface area contributed by atoms with E-state index in [1.807, 2.05) is 31.2 Å². The first kappa shape index (κ1) is 14.2. The van der Waals surface area contributed by atoms with Crippen LogP contribution in [0.4, 0.5) is 0 Å². The smallest absolute Gasteiger partial charge is 0.267 e. The van der Waals surface area contributed by atoms with Gasteiger partial charge in [0.05, 0.1) is 5.69 Å². The molecular weight excluding hydrogens is 280 g/mol. The van der Waals surface area contributed by atoms with Crippen LogP contribution < -0.4 is 5.56 Å². The fraction of sp³-hybridized carbons (Fsp3) is 0.286. The summed E-state index contributed by atoms with van der Waals surface area (Å²) in [6.07, 6.45) is 0.864. The van der Waals surface area contributed by atoms with Crippen LogP contribution in [0.2, 0.25) is 5.02 Å². The summed E-state index contributed by atoms with van der Waals surface area (Å²) in [4.78, 5) is 12.1. The number of aryl methyl sites for hydroxylation is 1. The van der Waals surface area contributed by atoms with Gasteiger partial charge in [-0.15, -0.1) is 0 Å². The fourth-order valence-corrected chi connectivity index (χ4v) is 2.19. The van der Waals surface area contributed by atoms with E-state index in [4.69, 9.17) is 11.6 Å². The highest BCUT2D eigenvalue weighted by molar-refractivity contribution is 7.79. The van der Waals surface area contributed by atoms with Crippen molar-refractivity contribution in [1.29, 1.82) is 0 Å². The van der Waals surface area contributed by atoms with Gasteiger partial charge in [-0.2, -0.15) is 17.7 Å². The van der Waals surface area contributed by atoms with Crippen molar-refractivity contribution in [2.45, 2.75) is 25.6 Å². The van der Waals surface area contributed by atoms with E-state index < -0.39 is 0 Å². The molecule has 0 saturated heterocycles. The van der Waals surface area contributed by atoms with Gasteiger partial charge in [0.2, 0.25) is 0 Å². The van der Waals surface area contributed by atoms with E-state index >= 15 is 0 Å². The van der Waals surface area contributed by atoms with E-state index in [-0.39, 0.29) is 5.56 Å². The predicted molar refractivity (Wildman–Crippen MR) is 81.9 cm³/mol. The maximum Gasteiger partial charge on any atom is 0.270 e. The average molecular weight is 295 g/mol. The SMILES string of the molecule is CCCn1nc(-c2ccc(Cl)cc2)cc(CS)c1=O. The lowest BCUT2D eigenvalue weighted by atomic mass is 10.1. The first-order valence-corrected chi connectivity index (χ1v) is 7.14. The zero-order valence-corrected chi connectivity index (χ0v) is 12.3. The second-order valence-corrected chi connectivity index (χ2v) is 5.00. The Morgan fingerprint density at radius 2 is 2.00 bits per heavy atom. The maximum atomic E-state index is 12.1. The van der Waals surface area contributed by atoms with Crippen molar-refractivity contribution in [2.24, 2.45) is 0 Å². The van der Waals surface area contributed by atoms with Crippen molar-refractivity contribution in [3.05, 3.63) is 51.3 Å². The summed E-state index contributed by atoms with van der Waals surface area (Å²) in [7, 11) is 0. The lowest BCUT2D eigenvalue weighted by molar-refractivity contribution is 0.567. The van der Waals surface area contributed by atoms with Crippen molar-refractivity contribution in [2.75, 3.05) is 0 Å². The summed E-state index contributed by atoms with van der Waals surface area (Å²) in [6.45, 7) is 2.63. The van der Waals surface area contributed by atoms with Crippen LogP contribution >= 0.6 is 24.2 Å². The van der Waals surface area contributed by atoms with E-state index in [9.17, 15) is 4.79 Å². The van der Waals surface area contributed by atoms with Crippen LogP contribution in [0.25, 0.3) is 11.3 Å². The van der Waals surface area contributed by atoms with Crippen molar-refractivity contribution >= 4 is 24.2 Å². The highest BCUT2D eigenvalue weighted by Crippen LogP contribution is 2.19. The van der Waals surface area contributed by atoms with Gasteiger partial charge in [0, 0.05) is 28.4 Å². The third kappa shape index (κ3) is 3.19. The number of benzene rings is 1. The van der Waals surface area contributed by atoms with E-state index in [0.29, 0.717) is 22.9 Å². The molecule has 0 fully saturated rings. The Kier molecular flexibility index (Phi) is 4.66. The first-order chi connectivity index (χ1) is 9.15. The van der Waals surface area contributed by atoms with Gasteiger partial charge in [0.25, 0.3) is 5.56 Å². The summed E-state index contributed by atoms with van der Waals surface area (Å²) < 4.78 is 1.51. The number of aromatic nitrogens is 2. The molecule has 0 spiro atoms. The van der Waals surface area contributed by atoms with Gasteiger partial charge in [0.15, 0.2) is 0 Å². The normalized spacial score (nSPS) is 10.7. The zero-order valence-electron chi connectivity index (χ0n) is 10.6. The first-order valence-electron chi connectivity index (χ1n) is 6.13. The molecule has 0 amide bonds. The van der Waals surface area contributed by atoms with Gasteiger partial charge in [-0.05, 0) is 24.6 Å². The van der Waals surface area contributed by atoms with Crippen molar-refractivity contribution < 1.29 is 0 Å². The number of rotatable bonds is 4. The van der Waals surface area contributed by atoms with Gasteiger partial charge in [-0.3, -0.25) is 4.79 Å². The Morgan fingerprint density at radius 1 is 1.32 bits per heavy atom. The van der Waals surface area contributed by atoms with Crippen molar-refractivity contribution in [1.82, 2.24) is 9.78 Å². The van der Waals surface area contributed by atoms with Crippen LogP contribution in [0.3, 0.4) is 0 Å². The Morgan fingerprint density at radius 3 is 2.58 bits per heavy atom. The highest BCUT2D eigenvalue weighted by Gasteiger charge is 2.08. The predicted octanol–water partition coefficient (Wildman–Crippen LogP) is 3.40. The summed E-state index contributed by atoms with van der Waals surface area (Å²) in [5, 5.41) is 5.08. The Bertz CT molecular complexity index is 622. The standard InChI is InChI=1S/C14H15ClN2OS/c1-2-7-17-14(18)11(9-19)8-13(16-17)10-3-5-12(15)6-4-10/h3-6,8,19H,2,7,9H2,1H3. The molecular formula is C14H15ClN2OS. The maximum absolute atomic E-state index is 12.1. The minimum atomic E-state index is -0.0606. The molecule has 0 unspecified atom stereocenters. The van der Waals surface area contributed by atoms with E-state index in [1.165, 1.54) is 4.68 Å². The second kappa shape index (κ2) is 6.26. The molecule has 1 heterocycles. The molecule has 0 aliphatic carbocycles. The summed E-state index contributed by atoms with van der Waals surface area (Å²) in [5.74, 6) is 0.408. The molecule has 3 nitrogen and oxygen atoms in total. The molecule has 0 N–H and O–H groups in total. The molecule has 2 rings (SSSR count). The molecule has 0 bridgehead atoms. The van der Waals surface area contributed by atoms with E-state index in [0.717, 1.165) is 17.7 Å². The summed E-state index contributed by atoms with van der Waals surface area (Å²) >= 11 is 10.1. The van der Waals surface area contributed by atoms with Crippen LogP contribution in [0.5, 0.6) is 0 Å². The van der Waals surface area contributed by atoms with Gasteiger partial charge >= 0.3 is 0 Å². The molecule has 0 saturated carbocycles. The van der Waals surface area contributed by atoms with Gasteiger partial charge < -0.3 is 0 Å². The van der Waals surface area contributed by atoms with Gasteiger partial charge in [0.1, 0.15) is 0 Å². The Balaban J connectivity index is 2.54. The van der Waals surface area contributed by atoms with Crippen LogP contribution in [0, 0.1) is 0 Å². The molecule has 2 aromatic rings. The van der Waals surface area contributed by atoms with Crippen LogP contribution in [-0.2, 0) is 12.3 Å². The van der Waals surface area contributed by atoms with Gasteiger partial charge in [-0.1, -0.05) is 30.7 Å². The lowest BCUT2D eigenvalue weighted by Gasteiger charge is -2.09. The molecule has 1 aromatic carbocycles. The fourth-order valence-electron chi connectivity index (χ4n) is 1.84.